The quantitative estimate of drug-likeness (QED) is 0.799. The molecule has 0 aromatic carbocycles. The van der Waals surface area contributed by atoms with Crippen molar-refractivity contribution in [1.29, 1.82) is 0 Å². The number of halogens is 2. The number of nitrogens with two attached hydrogens (primary N) is 1. The second-order valence-corrected chi connectivity index (χ2v) is 7.41. The normalized spacial score (nSPS) is 34.9. The summed E-state index contributed by atoms with van der Waals surface area (Å²) in [6, 6.07) is 0.116. The van der Waals surface area contributed by atoms with Crippen molar-refractivity contribution in [1.82, 2.24) is 10.2 Å². The standard InChI is InChI=1S/C14H25N3OS.2ClH/c15-13-11-2-1-10(9-11)12(13)14(18)16-3-4-17-5-7-19-8-6-17;;/h10-13H,1-9,15H2,(H,16,18);2*1H. The molecule has 0 radical (unpaired) electrons. The van der Waals surface area contributed by atoms with Gasteiger partial charge in [-0.1, -0.05) is 0 Å². The van der Waals surface area contributed by atoms with E-state index in [4.69, 9.17) is 5.73 Å². The van der Waals surface area contributed by atoms with E-state index in [1.54, 1.807) is 0 Å². The number of thioether (sulfide) groups is 1. The number of nitrogens with one attached hydrogen (secondary N) is 1. The summed E-state index contributed by atoms with van der Waals surface area (Å²) < 4.78 is 0. The van der Waals surface area contributed by atoms with E-state index in [1.807, 2.05) is 11.8 Å². The van der Waals surface area contributed by atoms with Gasteiger partial charge in [0.2, 0.25) is 5.91 Å². The van der Waals surface area contributed by atoms with E-state index < -0.39 is 0 Å². The van der Waals surface area contributed by atoms with E-state index in [9.17, 15) is 4.79 Å². The Morgan fingerprint density at radius 1 is 1.19 bits per heavy atom. The van der Waals surface area contributed by atoms with E-state index >= 15 is 0 Å². The minimum atomic E-state index is 0. The summed E-state index contributed by atoms with van der Waals surface area (Å²) in [5.74, 6) is 3.93. The van der Waals surface area contributed by atoms with Crippen molar-refractivity contribution in [3.05, 3.63) is 0 Å². The number of hydrogen-bond acceptors (Lipinski definition) is 4. The first kappa shape index (κ1) is 19.4. The predicted molar refractivity (Wildman–Crippen MR) is 93.6 cm³/mol. The highest BCUT2D eigenvalue weighted by molar-refractivity contribution is 7.99. The van der Waals surface area contributed by atoms with Crippen molar-refractivity contribution >= 4 is 42.5 Å². The summed E-state index contributed by atoms with van der Waals surface area (Å²) in [4.78, 5) is 14.7. The van der Waals surface area contributed by atoms with Gasteiger partial charge in [0.25, 0.3) is 0 Å². The van der Waals surface area contributed by atoms with E-state index in [2.05, 4.69) is 10.2 Å². The van der Waals surface area contributed by atoms with E-state index in [0.29, 0.717) is 11.8 Å². The van der Waals surface area contributed by atoms with Crippen LogP contribution in [0.2, 0.25) is 0 Å². The van der Waals surface area contributed by atoms with Crippen LogP contribution in [0.5, 0.6) is 0 Å². The molecule has 21 heavy (non-hydrogen) atoms. The Kier molecular flexibility index (Phi) is 8.14. The van der Waals surface area contributed by atoms with Gasteiger partial charge in [0.05, 0.1) is 5.92 Å². The van der Waals surface area contributed by atoms with Gasteiger partial charge in [-0.25, -0.2) is 0 Å². The Balaban J connectivity index is 0.00000110. The van der Waals surface area contributed by atoms with Crippen LogP contribution in [0, 0.1) is 17.8 Å². The van der Waals surface area contributed by atoms with Gasteiger partial charge in [0.15, 0.2) is 0 Å². The van der Waals surface area contributed by atoms with Crippen molar-refractivity contribution in [3.63, 3.8) is 0 Å². The molecule has 3 fully saturated rings. The molecule has 1 heterocycles. The Labute approximate surface area is 144 Å². The summed E-state index contributed by atoms with van der Waals surface area (Å²) >= 11 is 2.02. The van der Waals surface area contributed by atoms with Crippen LogP contribution < -0.4 is 11.1 Å². The van der Waals surface area contributed by atoms with E-state index in [-0.39, 0.29) is 42.7 Å². The Bertz CT molecular complexity index is 340. The maximum absolute atomic E-state index is 12.3. The maximum Gasteiger partial charge on any atom is 0.225 e. The largest absolute Gasteiger partial charge is 0.355 e. The zero-order valence-electron chi connectivity index (χ0n) is 12.3. The molecule has 124 valence electrons. The predicted octanol–water partition coefficient (Wildman–Crippen LogP) is 1.37. The van der Waals surface area contributed by atoms with Gasteiger partial charge >= 0.3 is 0 Å². The fourth-order valence-electron chi connectivity index (χ4n) is 4.00. The molecule has 4 nitrogen and oxygen atoms in total. The lowest BCUT2D eigenvalue weighted by molar-refractivity contribution is -0.127. The molecule has 1 amide bonds. The highest BCUT2D eigenvalue weighted by Crippen LogP contribution is 2.47. The fourth-order valence-corrected chi connectivity index (χ4v) is 4.98. The van der Waals surface area contributed by atoms with Gasteiger partial charge < -0.3 is 11.1 Å². The number of carbonyl (C=O) groups excluding carboxylic acids is 1. The second-order valence-electron chi connectivity index (χ2n) is 6.18. The molecule has 2 aliphatic carbocycles. The van der Waals surface area contributed by atoms with Crippen molar-refractivity contribution in [2.24, 2.45) is 23.5 Å². The molecule has 1 aliphatic heterocycles. The van der Waals surface area contributed by atoms with Crippen molar-refractivity contribution in [3.8, 4) is 0 Å². The Morgan fingerprint density at radius 3 is 2.48 bits per heavy atom. The monoisotopic (exact) mass is 355 g/mol. The minimum Gasteiger partial charge on any atom is -0.355 e. The maximum atomic E-state index is 12.3. The molecule has 3 rings (SSSR count). The number of nitrogens with zero attached hydrogens (tertiary/aromatic N) is 1. The smallest absolute Gasteiger partial charge is 0.225 e. The Hall–Kier alpha value is 0.320. The van der Waals surface area contributed by atoms with Gasteiger partial charge in [-0.2, -0.15) is 11.8 Å². The third-order valence-corrected chi connectivity index (χ3v) is 6.06. The van der Waals surface area contributed by atoms with Gasteiger partial charge in [0.1, 0.15) is 0 Å². The van der Waals surface area contributed by atoms with Crippen molar-refractivity contribution < 1.29 is 4.79 Å². The highest BCUT2D eigenvalue weighted by atomic mass is 35.5. The molecule has 0 aromatic heterocycles. The number of amides is 1. The van der Waals surface area contributed by atoms with Crippen LogP contribution >= 0.6 is 36.6 Å². The molecule has 3 aliphatic rings. The number of fused-ring (bicyclic) bond motifs is 2. The SMILES string of the molecule is Cl.Cl.NC1C2CCC(C2)C1C(=O)NCCN1CCSCC1. The molecule has 2 bridgehead atoms. The first-order valence-corrected chi connectivity index (χ1v) is 8.74. The van der Waals surface area contributed by atoms with Crippen molar-refractivity contribution in [2.75, 3.05) is 37.7 Å². The summed E-state index contributed by atoms with van der Waals surface area (Å²) in [6.07, 6.45) is 3.63. The number of hydrogen-bond donors (Lipinski definition) is 2. The number of rotatable bonds is 4. The molecule has 7 heteroatoms. The lowest BCUT2D eigenvalue weighted by Crippen LogP contribution is -2.47. The first-order chi connectivity index (χ1) is 9.25. The van der Waals surface area contributed by atoms with Gasteiger partial charge in [-0.15, -0.1) is 24.8 Å². The van der Waals surface area contributed by atoms with Crippen molar-refractivity contribution in [2.45, 2.75) is 25.3 Å². The molecule has 0 aromatic rings. The molecule has 4 unspecified atom stereocenters. The van der Waals surface area contributed by atoms with Crippen LogP contribution in [0.4, 0.5) is 0 Å². The van der Waals surface area contributed by atoms with Crippen LogP contribution in [-0.2, 0) is 4.79 Å². The molecular weight excluding hydrogens is 329 g/mol. The zero-order valence-corrected chi connectivity index (χ0v) is 14.8. The highest BCUT2D eigenvalue weighted by Gasteiger charge is 2.48. The van der Waals surface area contributed by atoms with Gasteiger partial charge in [-0.3, -0.25) is 9.69 Å². The molecule has 3 N–H and O–H groups in total. The first-order valence-electron chi connectivity index (χ1n) is 7.59. The molecular formula is C14H27Cl2N3OS. The summed E-state index contributed by atoms with van der Waals surface area (Å²) in [5.41, 5.74) is 6.21. The van der Waals surface area contributed by atoms with E-state index in [1.165, 1.54) is 30.8 Å². The van der Waals surface area contributed by atoms with E-state index in [0.717, 1.165) is 26.2 Å². The lowest BCUT2D eigenvalue weighted by atomic mass is 9.84. The van der Waals surface area contributed by atoms with Gasteiger partial charge in [0, 0.05) is 43.7 Å². The second kappa shape index (κ2) is 8.82. The summed E-state index contributed by atoms with van der Waals surface area (Å²) in [7, 11) is 0. The molecule has 2 saturated carbocycles. The minimum absolute atomic E-state index is 0. The number of carbonyl (C=O) groups is 1. The van der Waals surface area contributed by atoms with Gasteiger partial charge in [-0.05, 0) is 31.1 Å². The van der Waals surface area contributed by atoms with Crippen LogP contribution in [-0.4, -0.2) is 54.5 Å². The average molecular weight is 356 g/mol. The van der Waals surface area contributed by atoms with Crippen LogP contribution in [0.3, 0.4) is 0 Å². The molecule has 1 saturated heterocycles. The molecule has 4 atom stereocenters. The molecule has 0 spiro atoms. The van der Waals surface area contributed by atoms with Crippen LogP contribution in [0.25, 0.3) is 0 Å². The van der Waals surface area contributed by atoms with Crippen LogP contribution in [0.15, 0.2) is 0 Å². The fraction of sp³-hybridized carbons (Fsp3) is 0.929. The lowest BCUT2D eigenvalue weighted by Gasteiger charge is -2.29. The summed E-state index contributed by atoms with van der Waals surface area (Å²) in [5, 5.41) is 3.12. The third-order valence-electron chi connectivity index (χ3n) is 5.11. The zero-order chi connectivity index (χ0) is 13.2. The average Bonchev–Trinajstić information content (AvgIpc) is 3.00. The Morgan fingerprint density at radius 2 is 1.86 bits per heavy atom. The topological polar surface area (TPSA) is 58.4 Å². The third kappa shape index (κ3) is 4.41. The summed E-state index contributed by atoms with van der Waals surface area (Å²) in [6.45, 7) is 4.09. The van der Waals surface area contributed by atoms with Crippen LogP contribution in [0.1, 0.15) is 19.3 Å².